The molecule has 0 amide bonds. The topological polar surface area (TPSA) is 32.3 Å². The molecule has 100 valence electrons. The molecule has 1 aromatic carbocycles. The molecule has 2 nitrogen and oxygen atoms in total. The Morgan fingerprint density at radius 1 is 1.22 bits per heavy atom. The number of halogens is 2. The molecule has 0 radical (unpaired) electrons. The van der Waals surface area contributed by atoms with E-state index in [2.05, 4.69) is 5.32 Å². The van der Waals surface area contributed by atoms with Crippen molar-refractivity contribution in [2.75, 3.05) is 0 Å². The second-order valence-electron chi connectivity index (χ2n) is 4.90. The van der Waals surface area contributed by atoms with E-state index in [9.17, 15) is 13.9 Å². The zero-order valence-electron chi connectivity index (χ0n) is 10.2. The summed E-state index contributed by atoms with van der Waals surface area (Å²) >= 11 is 0. The fraction of sp³-hybridized carbons (Fsp3) is 0.571. The maximum atomic E-state index is 12.6. The van der Waals surface area contributed by atoms with Crippen LogP contribution >= 0.6 is 0 Å². The van der Waals surface area contributed by atoms with Crippen LogP contribution in [-0.2, 0) is 0 Å². The van der Waals surface area contributed by atoms with Crippen LogP contribution in [0, 0.1) is 0 Å². The summed E-state index contributed by atoms with van der Waals surface area (Å²) in [6.07, 6.45) is -0.230. The highest BCUT2D eigenvalue weighted by Crippen LogP contribution is 2.25. The van der Waals surface area contributed by atoms with Gasteiger partial charge in [0.15, 0.2) is 0 Å². The normalized spacial score (nSPS) is 26.2. The molecule has 2 N–H and O–H groups in total. The second-order valence-corrected chi connectivity index (χ2v) is 4.90. The molecule has 1 heterocycles. The van der Waals surface area contributed by atoms with Gasteiger partial charge in [-0.15, -0.1) is 0 Å². The van der Waals surface area contributed by atoms with Gasteiger partial charge in [0, 0.05) is 6.04 Å². The van der Waals surface area contributed by atoms with E-state index in [-0.39, 0.29) is 6.04 Å². The minimum atomic E-state index is -2.32. The molecular weight excluding hydrogens is 236 g/mol. The van der Waals surface area contributed by atoms with Crippen molar-refractivity contribution in [2.45, 2.75) is 50.3 Å². The average Bonchev–Trinajstić information content (AvgIpc) is 2.40. The Labute approximate surface area is 106 Å². The Kier molecular flexibility index (Phi) is 4.66. The molecule has 1 aromatic rings. The molecule has 0 saturated carbocycles. The van der Waals surface area contributed by atoms with Crippen LogP contribution in [0.25, 0.3) is 0 Å². The predicted molar refractivity (Wildman–Crippen MR) is 66.6 cm³/mol. The van der Waals surface area contributed by atoms with E-state index in [0.29, 0.717) is 12.8 Å². The fourth-order valence-electron chi connectivity index (χ4n) is 2.52. The van der Waals surface area contributed by atoms with E-state index in [1.165, 1.54) is 0 Å². The Morgan fingerprint density at radius 2 is 1.94 bits per heavy atom. The molecule has 0 aromatic heterocycles. The number of alkyl halides is 2. The lowest BCUT2D eigenvalue weighted by molar-refractivity contribution is 0.0625. The van der Waals surface area contributed by atoms with Gasteiger partial charge in [0.25, 0.3) is 6.43 Å². The van der Waals surface area contributed by atoms with Gasteiger partial charge in [0.1, 0.15) is 0 Å². The van der Waals surface area contributed by atoms with Crippen LogP contribution in [0.3, 0.4) is 0 Å². The van der Waals surface area contributed by atoms with Crippen LogP contribution in [0.15, 0.2) is 30.3 Å². The number of hydrogen-bond acceptors (Lipinski definition) is 2. The van der Waals surface area contributed by atoms with Gasteiger partial charge in [-0.05, 0) is 24.8 Å². The third-order valence-corrected chi connectivity index (χ3v) is 3.51. The van der Waals surface area contributed by atoms with Gasteiger partial charge in [-0.2, -0.15) is 0 Å². The summed E-state index contributed by atoms with van der Waals surface area (Å²) < 4.78 is 25.3. The highest BCUT2D eigenvalue weighted by molar-refractivity contribution is 5.17. The van der Waals surface area contributed by atoms with Crippen LogP contribution in [0.1, 0.15) is 37.4 Å². The van der Waals surface area contributed by atoms with Gasteiger partial charge in [0.05, 0.1) is 12.1 Å². The largest absolute Gasteiger partial charge is 0.388 e. The lowest BCUT2D eigenvalue weighted by Crippen LogP contribution is -2.46. The number of hydrogen-bond donors (Lipinski definition) is 2. The van der Waals surface area contributed by atoms with Crippen molar-refractivity contribution in [3.63, 3.8) is 0 Å². The Morgan fingerprint density at radius 3 is 2.61 bits per heavy atom. The lowest BCUT2D eigenvalue weighted by Gasteiger charge is -2.31. The number of nitrogens with one attached hydrogen (secondary N) is 1. The molecule has 0 aliphatic carbocycles. The first-order valence-electron chi connectivity index (χ1n) is 6.44. The standard InChI is InChI=1S/C14H19F2NO/c15-14(16)12-8-4-7-11(17-12)9-13(18)10-5-2-1-3-6-10/h1-3,5-6,11-14,17-18H,4,7-9H2. The first-order chi connectivity index (χ1) is 8.66. The van der Waals surface area contributed by atoms with E-state index in [1.807, 2.05) is 30.3 Å². The number of rotatable bonds is 4. The van der Waals surface area contributed by atoms with E-state index < -0.39 is 18.6 Å². The van der Waals surface area contributed by atoms with Gasteiger partial charge in [-0.3, -0.25) is 0 Å². The molecule has 0 spiro atoms. The minimum absolute atomic E-state index is 0.0204. The first-order valence-corrected chi connectivity index (χ1v) is 6.44. The third-order valence-electron chi connectivity index (χ3n) is 3.51. The first kappa shape index (κ1) is 13.4. The summed E-state index contributed by atoms with van der Waals surface area (Å²) in [7, 11) is 0. The SMILES string of the molecule is OC(CC1CCCC(C(F)F)N1)c1ccccc1. The maximum absolute atomic E-state index is 12.6. The molecule has 1 fully saturated rings. The minimum Gasteiger partial charge on any atom is -0.388 e. The second kappa shape index (κ2) is 6.25. The molecule has 1 aliphatic heterocycles. The highest BCUT2D eigenvalue weighted by Gasteiger charge is 2.28. The summed E-state index contributed by atoms with van der Waals surface area (Å²) in [5, 5.41) is 13.0. The van der Waals surface area contributed by atoms with Crippen LogP contribution in [-0.4, -0.2) is 23.6 Å². The maximum Gasteiger partial charge on any atom is 0.253 e. The molecule has 1 aliphatic rings. The summed E-state index contributed by atoms with van der Waals surface area (Å²) in [4.78, 5) is 0. The Balaban J connectivity index is 1.89. The number of piperidine rings is 1. The van der Waals surface area contributed by atoms with Gasteiger partial charge in [-0.1, -0.05) is 36.8 Å². The number of benzene rings is 1. The monoisotopic (exact) mass is 255 g/mol. The van der Waals surface area contributed by atoms with E-state index >= 15 is 0 Å². The average molecular weight is 255 g/mol. The van der Waals surface area contributed by atoms with E-state index in [1.54, 1.807) is 0 Å². The summed E-state index contributed by atoms with van der Waals surface area (Å²) in [6.45, 7) is 0. The summed E-state index contributed by atoms with van der Waals surface area (Å²) in [5.41, 5.74) is 0.846. The van der Waals surface area contributed by atoms with Crippen molar-refractivity contribution in [1.82, 2.24) is 5.32 Å². The highest BCUT2D eigenvalue weighted by atomic mass is 19.3. The molecule has 4 heteroatoms. The van der Waals surface area contributed by atoms with Crippen LogP contribution in [0.4, 0.5) is 8.78 Å². The third kappa shape index (κ3) is 3.50. The van der Waals surface area contributed by atoms with Crippen LogP contribution in [0.5, 0.6) is 0 Å². The predicted octanol–water partition coefficient (Wildman–Crippen LogP) is 2.89. The summed E-state index contributed by atoms with van der Waals surface area (Å²) in [5.74, 6) is 0. The zero-order chi connectivity index (χ0) is 13.0. The van der Waals surface area contributed by atoms with Crippen LogP contribution < -0.4 is 5.32 Å². The molecule has 1 saturated heterocycles. The van der Waals surface area contributed by atoms with Crippen LogP contribution in [0.2, 0.25) is 0 Å². The van der Waals surface area contributed by atoms with E-state index in [4.69, 9.17) is 0 Å². The van der Waals surface area contributed by atoms with Crippen molar-refractivity contribution in [3.8, 4) is 0 Å². The molecule has 2 rings (SSSR count). The smallest absolute Gasteiger partial charge is 0.253 e. The fourth-order valence-corrected chi connectivity index (χ4v) is 2.52. The zero-order valence-corrected chi connectivity index (χ0v) is 10.2. The van der Waals surface area contributed by atoms with Crippen molar-refractivity contribution >= 4 is 0 Å². The Bertz CT molecular complexity index is 358. The molecule has 3 atom stereocenters. The van der Waals surface area contributed by atoms with Crippen molar-refractivity contribution in [1.29, 1.82) is 0 Å². The van der Waals surface area contributed by atoms with Crippen molar-refractivity contribution < 1.29 is 13.9 Å². The number of aliphatic hydroxyl groups excluding tert-OH is 1. The summed E-state index contributed by atoms with van der Waals surface area (Å²) in [6, 6.07) is 8.61. The molecule has 18 heavy (non-hydrogen) atoms. The van der Waals surface area contributed by atoms with Gasteiger partial charge in [-0.25, -0.2) is 8.78 Å². The lowest BCUT2D eigenvalue weighted by atomic mass is 9.93. The molecular formula is C14H19F2NO. The van der Waals surface area contributed by atoms with E-state index in [0.717, 1.165) is 18.4 Å². The van der Waals surface area contributed by atoms with Crippen molar-refractivity contribution in [3.05, 3.63) is 35.9 Å². The molecule has 0 bridgehead atoms. The van der Waals surface area contributed by atoms with Crippen molar-refractivity contribution in [2.24, 2.45) is 0 Å². The quantitative estimate of drug-likeness (QED) is 0.867. The Hall–Kier alpha value is -1.00. The van der Waals surface area contributed by atoms with Gasteiger partial charge in [0.2, 0.25) is 0 Å². The van der Waals surface area contributed by atoms with Gasteiger partial charge >= 0.3 is 0 Å². The number of aliphatic hydroxyl groups is 1. The van der Waals surface area contributed by atoms with Gasteiger partial charge < -0.3 is 10.4 Å². The molecule has 3 unspecified atom stereocenters.